The van der Waals surface area contributed by atoms with Gasteiger partial charge in [-0.05, 0) is 44.0 Å². The molecule has 1 aliphatic heterocycles. The van der Waals surface area contributed by atoms with Gasteiger partial charge in [0.15, 0.2) is 15.9 Å². The quantitative estimate of drug-likeness (QED) is 0.469. The third-order valence-electron chi connectivity index (χ3n) is 4.59. The SMILES string of the molecule is CCCCCCOc1ccc(C(=O)O[C@H](C)C(=O)N[C@H]2CCS(=O)(=O)C2)cc1. The number of carbonyl (C=O) groups excluding carboxylic acids is 2. The number of benzene rings is 1. The topological polar surface area (TPSA) is 98.8 Å². The average Bonchev–Trinajstić information content (AvgIpc) is 3.00. The van der Waals surface area contributed by atoms with Crippen molar-refractivity contribution < 1.29 is 27.5 Å². The molecule has 28 heavy (non-hydrogen) atoms. The summed E-state index contributed by atoms with van der Waals surface area (Å²) in [6.07, 6.45) is 3.86. The van der Waals surface area contributed by atoms with Crippen molar-refractivity contribution in [2.45, 2.75) is 58.1 Å². The van der Waals surface area contributed by atoms with E-state index in [-0.39, 0.29) is 11.5 Å². The summed E-state index contributed by atoms with van der Waals surface area (Å²) in [5.74, 6) is -0.432. The van der Waals surface area contributed by atoms with Gasteiger partial charge >= 0.3 is 5.97 Å². The van der Waals surface area contributed by atoms with Crippen LogP contribution in [0.15, 0.2) is 24.3 Å². The smallest absolute Gasteiger partial charge is 0.338 e. The van der Waals surface area contributed by atoms with Crippen molar-refractivity contribution >= 4 is 21.7 Å². The molecular formula is C20H29NO6S. The Hall–Kier alpha value is -2.09. The minimum atomic E-state index is -3.08. The van der Waals surface area contributed by atoms with Crippen LogP contribution < -0.4 is 10.1 Å². The highest BCUT2D eigenvalue weighted by atomic mass is 32.2. The van der Waals surface area contributed by atoms with Gasteiger partial charge in [0.1, 0.15) is 5.75 Å². The molecule has 1 heterocycles. The van der Waals surface area contributed by atoms with Crippen LogP contribution in [0.5, 0.6) is 5.75 Å². The van der Waals surface area contributed by atoms with Crippen LogP contribution in [0.4, 0.5) is 0 Å². The van der Waals surface area contributed by atoms with Crippen molar-refractivity contribution in [2.24, 2.45) is 0 Å². The van der Waals surface area contributed by atoms with Gasteiger partial charge in [-0.25, -0.2) is 13.2 Å². The molecule has 1 amide bonds. The van der Waals surface area contributed by atoms with Gasteiger partial charge in [-0.1, -0.05) is 26.2 Å². The Labute approximate surface area is 166 Å². The molecule has 2 rings (SSSR count). The molecule has 0 radical (unpaired) electrons. The number of nitrogens with one attached hydrogen (secondary N) is 1. The molecule has 7 nitrogen and oxygen atoms in total. The number of hydrogen-bond donors (Lipinski definition) is 1. The van der Waals surface area contributed by atoms with E-state index in [0.29, 0.717) is 24.3 Å². The van der Waals surface area contributed by atoms with Crippen LogP contribution in [-0.4, -0.2) is 50.6 Å². The second-order valence-electron chi connectivity index (χ2n) is 7.09. The minimum absolute atomic E-state index is 0.0686. The van der Waals surface area contributed by atoms with Crippen molar-refractivity contribution in [3.63, 3.8) is 0 Å². The number of carbonyl (C=O) groups is 2. The number of unbranched alkanes of at least 4 members (excludes halogenated alkanes) is 3. The maximum absolute atomic E-state index is 12.2. The van der Waals surface area contributed by atoms with E-state index in [1.807, 2.05) is 0 Å². The molecule has 1 saturated heterocycles. The summed E-state index contributed by atoms with van der Waals surface area (Å²) in [4.78, 5) is 24.3. The van der Waals surface area contributed by atoms with Gasteiger partial charge in [-0.2, -0.15) is 0 Å². The standard InChI is InChI=1S/C20H29NO6S/c1-3-4-5-6-12-26-18-9-7-16(8-10-18)20(23)27-15(2)19(22)21-17-11-13-28(24,25)14-17/h7-10,15,17H,3-6,11-14H2,1-2H3,(H,21,22)/t15-,17+/m1/s1. The predicted molar refractivity (Wildman–Crippen MR) is 106 cm³/mol. The van der Waals surface area contributed by atoms with Crippen molar-refractivity contribution in [3.05, 3.63) is 29.8 Å². The molecule has 0 unspecified atom stereocenters. The molecule has 1 aliphatic rings. The number of amides is 1. The summed E-state index contributed by atoms with van der Waals surface area (Å²) in [5, 5.41) is 2.62. The Balaban J connectivity index is 1.77. The van der Waals surface area contributed by atoms with Crippen molar-refractivity contribution in [1.29, 1.82) is 0 Å². The molecule has 1 aromatic carbocycles. The van der Waals surface area contributed by atoms with Crippen LogP contribution in [-0.2, 0) is 19.4 Å². The van der Waals surface area contributed by atoms with Crippen molar-refractivity contribution in [2.75, 3.05) is 18.1 Å². The van der Waals surface area contributed by atoms with Crippen LogP contribution in [0.2, 0.25) is 0 Å². The maximum Gasteiger partial charge on any atom is 0.338 e. The molecule has 2 atom stereocenters. The molecular weight excluding hydrogens is 382 g/mol. The zero-order chi connectivity index (χ0) is 20.6. The van der Waals surface area contributed by atoms with Crippen LogP contribution >= 0.6 is 0 Å². The van der Waals surface area contributed by atoms with E-state index in [1.165, 1.54) is 19.8 Å². The zero-order valence-corrected chi connectivity index (χ0v) is 17.3. The predicted octanol–water partition coefficient (Wildman–Crippen LogP) is 2.49. The van der Waals surface area contributed by atoms with E-state index < -0.39 is 33.9 Å². The summed E-state index contributed by atoms with van der Waals surface area (Å²) in [5.41, 5.74) is 0.321. The first-order chi connectivity index (χ1) is 13.3. The third kappa shape index (κ3) is 7.14. The van der Waals surface area contributed by atoms with E-state index in [1.54, 1.807) is 24.3 Å². The number of rotatable bonds is 10. The Morgan fingerprint density at radius 1 is 1.18 bits per heavy atom. The van der Waals surface area contributed by atoms with E-state index in [2.05, 4.69) is 12.2 Å². The molecule has 1 fully saturated rings. The molecule has 0 aliphatic carbocycles. The molecule has 8 heteroatoms. The highest BCUT2D eigenvalue weighted by Gasteiger charge is 2.30. The molecule has 1 N–H and O–H groups in total. The fourth-order valence-corrected chi connectivity index (χ4v) is 4.59. The van der Waals surface area contributed by atoms with Crippen LogP contribution in [0, 0.1) is 0 Å². The second kappa shape index (κ2) is 10.5. The number of esters is 1. The monoisotopic (exact) mass is 411 g/mol. The largest absolute Gasteiger partial charge is 0.494 e. The normalized spacial score (nSPS) is 19.0. The van der Waals surface area contributed by atoms with E-state index in [0.717, 1.165) is 12.8 Å². The van der Waals surface area contributed by atoms with Gasteiger partial charge in [-0.15, -0.1) is 0 Å². The van der Waals surface area contributed by atoms with Gasteiger partial charge in [-0.3, -0.25) is 4.79 Å². The molecule has 0 bridgehead atoms. The summed E-state index contributed by atoms with van der Waals surface area (Å²) in [6.45, 7) is 4.25. The van der Waals surface area contributed by atoms with Crippen LogP contribution in [0.25, 0.3) is 0 Å². The summed E-state index contributed by atoms with van der Waals surface area (Å²) >= 11 is 0. The molecule has 0 spiro atoms. The fourth-order valence-electron chi connectivity index (χ4n) is 2.92. The van der Waals surface area contributed by atoms with Crippen LogP contribution in [0.3, 0.4) is 0 Å². The summed E-state index contributed by atoms with van der Waals surface area (Å²) in [6, 6.07) is 6.16. The average molecular weight is 412 g/mol. The van der Waals surface area contributed by atoms with Gasteiger partial charge in [0.2, 0.25) is 0 Å². The van der Waals surface area contributed by atoms with Crippen molar-refractivity contribution in [3.8, 4) is 5.75 Å². The first-order valence-corrected chi connectivity index (χ1v) is 11.6. The Bertz CT molecular complexity index is 759. The van der Waals surface area contributed by atoms with Crippen molar-refractivity contribution in [1.82, 2.24) is 5.32 Å². The third-order valence-corrected chi connectivity index (χ3v) is 6.36. The second-order valence-corrected chi connectivity index (χ2v) is 9.32. The molecule has 0 aromatic heterocycles. The first-order valence-electron chi connectivity index (χ1n) is 9.75. The van der Waals surface area contributed by atoms with E-state index >= 15 is 0 Å². The highest BCUT2D eigenvalue weighted by Crippen LogP contribution is 2.15. The lowest BCUT2D eigenvalue weighted by Crippen LogP contribution is -2.42. The molecule has 1 aromatic rings. The van der Waals surface area contributed by atoms with Crippen LogP contribution in [0.1, 0.15) is 56.3 Å². The lowest BCUT2D eigenvalue weighted by molar-refractivity contribution is -0.129. The Morgan fingerprint density at radius 2 is 1.89 bits per heavy atom. The highest BCUT2D eigenvalue weighted by molar-refractivity contribution is 7.91. The molecule has 156 valence electrons. The van der Waals surface area contributed by atoms with E-state index in [4.69, 9.17) is 9.47 Å². The summed E-state index contributed by atoms with van der Waals surface area (Å²) < 4.78 is 33.7. The molecule has 0 saturated carbocycles. The maximum atomic E-state index is 12.2. The van der Waals surface area contributed by atoms with E-state index in [9.17, 15) is 18.0 Å². The van der Waals surface area contributed by atoms with Gasteiger partial charge < -0.3 is 14.8 Å². The number of hydrogen-bond acceptors (Lipinski definition) is 6. The Kier molecular flexibility index (Phi) is 8.29. The summed E-state index contributed by atoms with van der Waals surface area (Å²) in [7, 11) is -3.08. The lowest BCUT2D eigenvalue weighted by atomic mass is 10.2. The van der Waals surface area contributed by atoms with Gasteiger partial charge in [0.05, 0.1) is 23.7 Å². The van der Waals surface area contributed by atoms with Gasteiger partial charge in [0, 0.05) is 6.04 Å². The fraction of sp³-hybridized carbons (Fsp3) is 0.600. The minimum Gasteiger partial charge on any atom is -0.494 e. The van der Waals surface area contributed by atoms with Gasteiger partial charge in [0.25, 0.3) is 5.91 Å². The Morgan fingerprint density at radius 3 is 2.50 bits per heavy atom. The number of sulfone groups is 1. The zero-order valence-electron chi connectivity index (χ0n) is 16.5. The lowest BCUT2D eigenvalue weighted by Gasteiger charge is -2.16. The first kappa shape index (κ1) is 22.2. The number of ether oxygens (including phenoxy) is 2.